The molecule has 2 aliphatic carbocycles. The van der Waals surface area contributed by atoms with Gasteiger partial charge >= 0.3 is 0 Å². The minimum absolute atomic E-state index is 0.550. The van der Waals surface area contributed by atoms with Crippen molar-refractivity contribution in [2.24, 2.45) is 0 Å². The largest absolute Gasteiger partial charge is 0.497 e. The quantitative estimate of drug-likeness (QED) is 0.137. The molecule has 4 aromatic heterocycles. The first kappa shape index (κ1) is 43.7. The van der Waals surface area contributed by atoms with E-state index < -0.39 is 5.41 Å². The van der Waals surface area contributed by atoms with E-state index in [9.17, 15) is 0 Å². The van der Waals surface area contributed by atoms with Crippen LogP contribution in [0.5, 0.6) is 11.5 Å². The lowest BCUT2D eigenvalue weighted by atomic mass is 9.71. The van der Waals surface area contributed by atoms with Gasteiger partial charge in [-0.1, -0.05) is 48.5 Å². The van der Waals surface area contributed by atoms with Crippen molar-refractivity contribution in [1.29, 1.82) is 0 Å². The van der Waals surface area contributed by atoms with E-state index >= 15 is 0 Å². The first-order valence-electron chi connectivity index (χ1n) is 25.2. The standard InChI is InChI=1S/C65H52N4O2S2/c1-7-66-59-33-39(3)9-23-51(59)53-27-17-45(37-61(53)66)68(41-11-19-47(70-5)20-12-41)43-15-25-49-50-26-16-44(36-58(50)65(57(49)35-43)55-29-31-72-63(55)64-56(65)30-32-73-64)69(42-13-21-48(71-6)22-14-42)46-18-28-54-52-24-10-40(4)34-60(52)67(8-2)62(54)38-46/h9-38H,7-8H2,1-6H3. The van der Waals surface area contributed by atoms with E-state index in [4.69, 9.17) is 9.47 Å². The maximum absolute atomic E-state index is 5.71. The van der Waals surface area contributed by atoms with Gasteiger partial charge in [0.2, 0.25) is 0 Å². The molecule has 0 atom stereocenters. The molecule has 0 saturated carbocycles. The van der Waals surface area contributed by atoms with E-state index in [1.165, 1.54) is 97.9 Å². The summed E-state index contributed by atoms with van der Waals surface area (Å²) in [6.07, 6.45) is 0. The molecule has 356 valence electrons. The van der Waals surface area contributed by atoms with Crippen molar-refractivity contribution < 1.29 is 9.47 Å². The second-order valence-corrected chi connectivity index (χ2v) is 21.4. The molecule has 0 fully saturated rings. The van der Waals surface area contributed by atoms with Crippen LogP contribution in [0.1, 0.15) is 47.2 Å². The van der Waals surface area contributed by atoms with E-state index in [2.05, 4.69) is 227 Å². The van der Waals surface area contributed by atoms with Crippen molar-refractivity contribution in [2.45, 2.75) is 46.2 Å². The zero-order valence-electron chi connectivity index (χ0n) is 41.7. The van der Waals surface area contributed by atoms with Crippen LogP contribution in [0.15, 0.2) is 181 Å². The fourth-order valence-corrected chi connectivity index (χ4v) is 14.7. The van der Waals surface area contributed by atoms with Crippen molar-refractivity contribution in [3.05, 3.63) is 214 Å². The van der Waals surface area contributed by atoms with E-state index in [1.807, 2.05) is 22.7 Å². The van der Waals surface area contributed by atoms with Gasteiger partial charge in [-0.3, -0.25) is 0 Å². The Morgan fingerprint density at radius 3 is 1.15 bits per heavy atom. The number of aromatic nitrogens is 2. The fourth-order valence-electron chi connectivity index (χ4n) is 12.6. The van der Waals surface area contributed by atoms with Gasteiger partial charge in [0.1, 0.15) is 11.5 Å². The summed E-state index contributed by atoms with van der Waals surface area (Å²) >= 11 is 3.72. The number of ether oxygens (including phenoxy) is 2. The maximum Gasteiger partial charge on any atom is 0.119 e. The molecule has 73 heavy (non-hydrogen) atoms. The third-order valence-corrected chi connectivity index (χ3v) is 17.8. The third kappa shape index (κ3) is 6.27. The molecular weight excluding hydrogens is 933 g/mol. The Bertz CT molecular complexity index is 3920. The number of anilines is 6. The Morgan fingerprint density at radius 2 is 0.753 bits per heavy atom. The minimum atomic E-state index is -0.550. The van der Waals surface area contributed by atoms with Gasteiger partial charge in [0, 0.05) is 89.5 Å². The number of aryl methyl sites for hydroxylation is 4. The molecule has 12 aromatic rings. The number of fused-ring (bicyclic) bond motifs is 16. The molecular formula is C65H52N4O2S2. The summed E-state index contributed by atoms with van der Waals surface area (Å²) in [5.74, 6) is 1.65. The van der Waals surface area contributed by atoms with E-state index in [0.717, 1.165) is 58.7 Å². The van der Waals surface area contributed by atoms with Crippen LogP contribution in [0.25, 0.3) is 64.5 Å². The van der Waals surface area contributed by atoms with Crippen LogP contribution >= 0.6 is 22.7 Å². The number of thiophene rings is 2. The van der Waals surface area contributed by atoms with Crippen LogP contribution in [-0.2, 0) is 18.5 Å². The average Bonchev–Trinajstić information content (AvgIpc) is 4.28. The van der Waals surface area contributed by atoms with Crippen LogP contribution in [0.3, 0.4) is 0 Å². The molecule has 8 heteroatoms. The second kappa shape index (κ2) is 16.5. The number of benzene rings is 8. The van der Waals surface area contributed by atoms with Crippen molar-refractivity contribution in [2.75, 3.05) is 24.0 Å². The van der Waals surface area contributed by atoms with Crippen molar-refractivity contribution in [1.82, 2.24) is 9.13 Å². The van der Waals surface area contributed by atoms with Crippen LogP contribution in [-0.4, -0.2) is 23.4 Å². The molecule has 8 aromatic carbocycles. The normalized spacial score (nSPS) is 13.0. The highest BCUT2D eigenvalue weighted by Crippen LogP contribution is 2.66. The predicted octanol–water partition coefficient (Wildman–Crippen LogP) is 18.0. The Kier molecular flexibility index (Phi) is 9.88. The predicted molar refractivity (Wildman–Crippen MR) is 308 cm³/mol. The number of rotatable bonds is 10. The lowest BCUT2D eigenvalue weighted by Gasteiger charge is -2.32. The number of hydrogen-bond acceptors (Lipinski definition) is 6. The van der Waals surface area contributed by atoms with Gasteiger partial charge in [0.05, 0.1) is 30.7 Å². The molecule has 0 unspecified atom stereocenters. The van der Waals surface area contributed by atoms with Crippen molar-refractivity contribution in [3.63, 3.8) is 0 Å². The molecule has 0 aliphatic heterocycles. The molecule has 0 bridgehead atoms. The van der Waals surface area contributed by atoms with Gasteiger partial charge in [0.25, 0.3) is 0 Å². The summed E-state index contributed by atoms with van der Waals surface area (Å²) in [6.45, 7) is 10.6. The average molecular weight is 985 g/mol. The molecule has 4 heterocycles. The van der Waals surface area contributed by atoms with Crippen LogP contribution in [0.2, 0.25) is 0 Å². The van der Waals surface area contributed by atoms with Gasteiger partial charge in [-0.25, -0.2) is 0 Å². The van der Waals surface area contributed by atoms with Gasteiger partial charge in [0.15, 0.2) is 0 Å². The Labute approximate surface area is 433 Å². The van der Waals surface area contributed by atoms with Crippen molar-refractivity contribution in [3.8, 4) is 32.4 Å². The second-order valence-electron chi connectivity index (χ2n) is 19.5. The summed E-state index contributed by atoms with van der Waals surface area (Å²) in [6, 6.07) is 63.9. The van der Waals surface area contributed by atoms with Gasteiger partial charge in [-0.15, -0.1) is 22.7 Å². The molecule has 14 rings (SSSR count). The van der Waals surface area contributed by atoms with Crippen LogP contribution in [0, 0.1) is 13.8 Å². The first-order valence-corrected chi connectivity index (χ1v) is 27.0. The summed E-state index contributed by atoms with van der Waals surface area (Å²) in [7, 11) is 3.46. The molecule has 0 radical (unpaired) electrons. The third-order valence-electron chi connectivity index (χ3n) is 15.8. The molecule has 2 aliphatic rings. The van der Waals surface area contributed by atoms with E-state index in [0.29, 0.717) is 0 Å². The Hall–Kier alpha value is -8.04. The van der Waals surface area contributed by atoms with Gasteiger partial charge in [-0.2, -0.15) is 0 Å². The summed E-state index contributed by atoms with van der Waals surface area (Å²) in [5, 5.41) is 9.68. The Balaban J connectivity index is 0.988. The number of methoxy groups -OCH3 is 2. The highest BCUT2D eigenvalue weighted by Gasteiger charge is 2.53. The molecule has 0 amide bonds. The molecule has 0 saturated heterocycles. The zero-order chi connectivity index (χ0) is 49.3. The lowest BCUT2D eigenvalue weighted by Crippen LogP contribution is -2.26. The maximum atomic E-state index is 5.71. The van der Waals surface area contributed by atoms with Gasteiger partial charge < -0.3 is 28.4 Å². The summed E-state index contributed by atoms with van der Waals surface area (Å²) in [4.78, 5) is 7.58. The molecule has 6 nitrogen and oxygen atoms in total. The summed E-state index contributed by atoms with van der Waals surface area (Å²) < 4.78 is 16.4. The SMILES string of the molecule is CCn1c2cc(C)ccc2c2ccc(N(c3ccc(OC)cc3)c3ccc4c(c3)C3(c5cc(N(c6ccc(OC)cc6)c6ccc7c8ccc(C)cc8n(CC)c7c6)ccc5-4)c4ccsc4-c4sccc43)cc21. The van der Waals surface area contributed by atoms with Crippen LogP contribution < -0.4 is 19.3 Å². The van der Waals surface area contributed by atoms with E-state index in [1.54, 1.807) is 14.2 Å². The topological polar surface area (TPSA) is 34.8 Å². The Morgan fingerprint density at radius 1 is 0.397 bits per heavy atom. The lowest BCUT2D eigenvalue weighted by molar-refractivity contribution is 0.414. The van der Waals surface area contributed by atoms with Gasteiger partial charge in [-0.05, 0) is 204 Å². The molecule has 1 spiro atoms. The highest BCUT2D eigenvalue weighted by molar-refractivity contribution is 7.21. The van der Waals surface area contributed by atoms with Crippen LogP contribution in [0.4, 0.5) is 34.1 Å². The highest BCUT2D eigenvalue weighted by atomic mass is 32.1. The fraction of sp³-hybridized carbons (Fsp3) is 0.138. The number of hydrogen-bond donors (Lipinski definition) is 0. The smallest absolute Gasteiger partial charge is 0.119 e. The zero-order valence-corrected chi connectivity index (χ0v) is 43.3. The molecule has 0 N–H and O–H groups in total. The minimum Gasteiger partial charge on any atom is -0.497 e. The van der Waals surface area contributed by atoms with Crippen molar-refractivity contribution >= 4 is 100 Å². The monoisotopic (exact) mass is 984 g/mol. The summed E-state index contributed by atoms with van der Waals surface area (Å²) in [5.41, 5.74) is 21.3. The number of nitrogens with zero attached hydrogens (tertiary/aromatic N) is 4. The van der Waals surface area contributed by atoms with E-state index in [-0.39, 0.29) is 0 Å². The first-order chi connectivity index (χ1) is 35.8.